The number of pyridine rings is 2. The summed E-state index contributed by atoms with van der Waals surface area (Å²) in [6.07, 6.45) is 11.9. The van der Waals surface area contributed by atoms with Crippen LogP contribution in [-0.4, -0.2) is 22.6 Å². The van der Waals surface area contributed by atoms with Gasteiger partial charge in [-0.1, -0.05) is 54.6 Å². The normalized spacial score (nSPS) is 11.9. The van der Waals surface area contributed by atoms with Gasteiger partial charge >= 0.3 is 0 Å². The van der Waals surface area contributed by atoms with Crippen molar-refractivity contribution >= 4 is 35.3 Å². The van der Waals surface area contributed by atoms with Crippen LogP contribution in [0.25, 0.3) is 22.9 Å². The van der Waals surface area contributed by atoms with Crippen LogP contribution in [0.2, 0.25) is 0 Å². The standard InChI is InChI=1S/C25H23N3O.ClH/c26-23(15-22-6-3-5-21-4-1-2-7-25(21)22)18-29-24-14-20(16-28-17-24)9-8-19-10-12-27-13-11-19;/h1-14,16-17,23H,15,18,26H2;1H/t23-;/m0./s1. The van der Waals surface area contributed by atoms with Crippen LogP contribution in [0.5, 0.6) is 5.75 Å². The molecule has 2 heterocycles. The molecule has 30 heavy (non-hydrogen) atoms. The van der Waals surface area contributed by atoms with Crippen molar-refractivity contribution in [2.45, 2.75) is 12.5 Å². The van der Waals surface area contributed by atoms with Gasteiger partial charge in [0, 0.05) is 24.6 Å². The van der Waals surface area contributed by atoms with Gasteiger partial charge in [-0.25, -0.2) is 0 Å². The predicted molar refractivity (Wildman–Crippen MR) is 126 cm³/mol. The van der Waals surface area contributed by atoms with Gasteiger partial charge in [-0.2, -0.15) is 0 Å². The van der Waals surface area contributed by atoms with E-state index in [1.165, 1.54) is 16.3 Å². The lowest BCUT2D eigenvalue weighted by atomic mass is 9.99. The van der Waals surface area contributed by atoms with Crippen LogP contribution in [0.3, 0.4) is 0 Å². The summed E-state index contributed by atoms with van der Waals surface area (Å²) in [7, 11) is 0. The highest BCUT2D eigenvalue weighted by molar-refractivity contribution is 5.86. The van der Waals surface area contributed by atoms with E-state index in [1.54, 1.807) is 24.8 Å². The molecule has 152 valence electrons. The molecule has 0 spiro atoms. The maximum absolute atomic E-state index is 6.35. The van der Waals surface area contributed by atoms with Crippen molar-refractivity contribution in [3.8, 4) is 5.75 Å². The first-order valence-corrected chi connectivity index (χ1v) is 9.66. The monoisotopic (exact) mass is 417 g/mol. The molecule has 4 rings (SSSR count). The molecule has 5 heteroatoms. The van der Waals surface area contributed by atoms with Gasteiger partial charge in [0.2, 0.25) is 0 Å². The smallest absolute Gasteiger partial charge is 0.138 e. The van der Waals surface area contributed by atoms with Crippen LogP contribution in [-0.2, 0) is 6.42 Å². The molecule has 0 radical (unpaired) electrons. The minimum absolute atomic E-state index is 0. The van der Waals surface area contributed by atoms with E-state index in [4.69, 9.17) is 10.5 Å². The molecule has 2 aromatic heterocycles. The molecule has 4 aromatic rings. The summed E-state index contributed by atoms with van der Waals surface area (Å²) in [4.78, 5) is 8.29. The molecule has 4 nitrogen and oxygen atoms in total. The number of rotatable bonds is 7. The van der Waals surface area contributed by atoms with Crippen molar-refractivity contribution in [2.75, 3.05) is 6.61 Å². The highest BCUT2D eigenvalue weighted by Crippen LogP contribution is 2.20. The highest BCUT2D eigenvalue weighted by atomic mass is 35.5. The largest absolute Gasteiger partial charge is 0.490 e. The van der Waals surface area contributed by atoms with Crippen LogP contribution in [0.4, 0.5) is 0 Å². The quantitative estimate of drug-likeness (QED) is 0.450. The van der Waals surface area contributed by atoms with Gasteiger partial charge in [0.25, 0.3) is 0 Å². The lowest BCUT2D eigenvalue weighted by Crippen LogP contribution is -2.30. The van der Waals surface area contributed by atoms with Gasteiger partial charge in [-0.05, 0) is 52.1 Å². The van der Waals surface area contributed by atoms with E-state index in [2.05, 4.69) is 52.4 Å². The molecule has 1 atom stereocenters. The average molecular weight is 418 g/mol. The van der Waals surface area contributed by atoms with Gasteiger partial charge in [0.15, 0.2) is 0 Å². The summed E-state index contributed by atoms with van der Waals surface area (Å²) in [5.74, 6) is 0.718. The molecular weight excluding hydrogens is 394 g/mol. The number of benzene rings is 2. The van der Waals surface area contributed by atoms with E-state index in [0.29, 0.717) is 6.61 Å². The van der Waals surface area contributed by atoms with Crippen LogP contribution >= 0.6 is 12.4 Å². The minimum Gasteiger partial charge on any atom is -0.490 e. The number of ether oxygens (including phenoxy) is 1. The van der Waals surface area contributed by atoms with Crippen LogP contribution in [0.15, 0.2) is 85.5 Å². The Morgan fingerprint density at radius 2 is 1.63 bits per heavy atom. The Morgan fingerprint density at radius 3 is 2.50 bits per heavy atom. The maximum Gasteiger partial charge on any atom is 0.138 e. The molecule has 0 bridgehead atoms. The number of nitrogens with two attached hydrogens (primary N) is 1. The third-order valence-electron chi connectivity index (χ3n) is 4.73. The van der Waals surface area contributed by atoms with Crippen molar-refractivity contribution in [1.29, 1.82) is 0 Å². The van der Waals surface area contributed by atoms with Crippen LogP contribution in [0.1, 0.15) is 16.7 Å². The molecule has 0 fully saturated rings. The minimum atomic E-state index is -0.100. The summed E-state index contributed by atoms with van der Waals surface area (Å²) in [6.45, 7) is 0.433. The maximum atomic E-state index is 6.35. The average Bonchev–Trinajstić information content (AvgIpc) is 2.78. The number of nitrogens with zero attached hydrogens (tertiary/aromatic N) is 2. The lowest BCUT2D eigenvalue weighted by Gasteiger charge is -2.15. The fourth-order valence-electron chi connectivity index (χ4n) is 3.29. The van der Waals surface area contributed by atoms with E-state index in [-0.39, 0.29) is 18.4 Å². The molecule has 2 N–H and O–H groups in total. The summed E-state index contributed by atoms with van der Waals surface area (Å²) in [5.41, 5.74) is 9.65. The first-order chi connectivity index (χ1) is 14.3. The lowest BCUT2D eigenvalue weighted by molar-refractivity contribution is 0.287. The topological polar surface area (TPSA) is 61.0 Å². The Balaban J connectivity index is 0.00000256. The Morgan fingerprint density at radius 1 is 0.867 bits per heavy atom. The number of fused-ring (bicyclic) bond motifs is 1. The van der Waals surface area contributed by atoms with Crippen molar-refractivity contribution in [2.24, 2.45) is 5.73 Å². The van der Waals surface area contributed by atoms with Gasteiger partial charge in [-0.15, -0.1) is 12.4 Å². The summed E-state index contributed by atoms with van der Waals surface area (Å²) < 4.78 is 5.91. The molecule has 0 aliphatic rings. The van der Waals surface area contributed by atoms with Crippen LogP contribution in [0, 0.1) is 0 Å². The fraction of sp³-hybridized carbons (Fsp3) is 0.120. The zero-order valence-corrected chi connectivity index (χ0v) is 17.3. The fourth-order valence-corrected chi connectivity index (χ4v) is 3.29. The van der Waals surface area contributed by atoms with Gasteiger partial charge in [0.05, 0.1) is 6.20 Å². The van der Waals surface area contributed by atoms with Crippen molar-refractivity contribution in [3.63, 3.8) is 0 Å². The Kier molecular flexibility index (Phi) is 7.55. The number of halogens is 1. The molecule has 2 aromatic carbocycles. The third kappa shape index (κ3) is 5.66. The number of hydrogen-bond acceptors (Lipinski definition) is 4. The molecule has 0 aliphatic carbocycles. The number of hydrogen-bond donors (Lipinski definition) is 1. The number of aromatic nitrogens is 2. The van der Waals surface area contributed by atoms with E-state index >= 15 is 0 Å². The summed E-state index contributed by atoms with van der Waals surface area (Å²) in [6, 6.07) is 20.5. The molecule has 0 amide bonds. The second kappa shape index (κ2) is 10.5. The van der Waals surface area contributed by atoms with Gasteiger partial charge in [-0.3, -0.25) is 9.97 Å². The van der Waals surface area contributed by atoms with Gasteiger partial charge < -0.3 is 10.5 Å². The van der Waals surface area contributed by atoms with Crippen molar-refractivity contribution < 1.29 is 4.74 Å². The molecule has 0 saturated carbocycles. The van der Waals surface area contributed by atoms with E-state index in [9.17, 15) is 0 Å². The zero-order valence-electron chi connectivity index (χ0n) is 16.5. The third-order valence-corrected chi connectivity index (χ3v) is 4.73. The molecule has 0 saturated heterocycles. The molecule has 0 unspecified atom stereocenters. The Labute approximate surface area is 182 Å². The second-order valence-electron chi connectivity index (χ2n) is 6.98. The summed E-state index contributed by atoms with van der Waals surface area (Å²) >= 11 is 0. The SMILES string of the molecule is Cl.N[C@H](COc1cncc(C=Cc2ccncc2)c1)Cc1cccc2ccccc12. The molecular formula is C25H24ClN3O. The summed E-state index contributed by atoms with van der Waals surface area (Å²) in [5, 5.41) is 2.48. The van der Waals surface area contributed by atoms with E-state index in [0.717, 1.165) is 23.3 Å². The van der Waals surface area contributed by atoms with Crippen LogP contribution < -0.4 is 10.5 Å². The van der Waals surface area contributed by atoms with Gasteiger partial charge in [0.1, 0.15) is 12.4 Å². The molecule has 0 aliphatic heterocycles. The first-order valence-electron chi connectivity index (χ1n) is 9.66. The van der Waals surface area contributed by atoms with Crippen molar-refractivity contribution in [3.05, 3.63) is 102 Å². The van der Waals surface area contributed by atoms with Crippen molar-refractivity contribution in [1.82, 2.24) is 9.97 Å². The second-order valence-corrected chi connectivity index (χ2v) is 6.98. The highest BCUT2D eigenvalue weighted by Gasteiger charge is 2.08. The zero-order chi connectivity index (χ0) is 19.9. The van der Waals surface area contributed by atoms with E-state index < -0.39 is 0 Å². The van der Waals surface area contributed by atoms with E-state index in [1.807, 2.05) is 30.4 Å². The predicted octanol–water partition coefficient (Wildman–Crippen LogP) is 5.17. The Bertz CT molecular complexity index is 1110. The Hall–Kier alpha value is -3.21. The first kappa shape index (κ1) is 21.5.